The first-order valence-electron chi connectivity index (χ1n) is 7.87. The van der Waals surface area contributed by atoms with Gasteiger partial charge in [0.1, 0.15) is 12.4 Å². The minimum atomic E-state index is -1.63. The number of hydrogen-bond donors (Lipinski definition) is 2. The largest absolute Gasteiger partial charge is 0.492 e. The summed E-state index contributed by atoms with van der Waals surface area (Å²) < 4.78 is 5.88. The number of rotatable bonds is 5. The van der Waals surface area contributed by atoms with Crippen LogP contribution in [-0.2, 0) is 4.79 Å². The molecule has 0 radical (unpaired) electrons. The lowest BCUT2D eigenvalue weighted by Crippen LogP contribution is -2.53. The fourth-order valence-electron chi connectivity index (χ4n) is 3.09. The van der Waals surface area contributed by atoms with Crippen LogP contribution in [0.5, 0.6) is 5.75 Å². The molecule has 3 rings (SSSR count). The highest BCUT2D eigenvalue weighted by Gasteiger charge is 2.40. The number of aliphatic carboxylic acids is 1. The van der Waals surface area contributed by atoms with Crippen LogP contribution in [-0.4, -0.2) is 52.9 Å². The van der Waals surface area contributed by atoms with Gasteiger partial charge in [0.2, 0.25) is 0 Å². The lowest BCUT2D eigenvalue weighted by molar-refractivity contribution is -0.164. The zero-order valence-electron chi connectivity index (χ0n) is 12.9. The highest BCUT2D eigenvalue weighted by atomic mass is 16.5. The Morgan fingerprint density at radius 2 is 2.00 bits per heavy atom. The summed E-state index contributed by atoms with van der Waals surface area (Å²) in [4.78, 5) is 13.1. The second-order valence-corrected chi connectivity index (χ2v) is 6.04. The molecule has 122 valence electrons. The SMILES string of the molecule is O=C(O)C1(O)CCCN(CCOc2cccc3ccccc23)C1. The Balaban J connectivity index is 1.60. The summed E-state index contributed by atoms with van der Waals surface area (Å²) >= 11 is 0. The molecule has 0 bridgehead atoms. The topological polar surface area (TPSA) is 70.0 Å². The summed E-state index contributed by atoms with van der Waals surface area (Å²) in [6.45, 7) is 2.00. The number of hydrogen-bond acceptors (Lipinski definition) is 4. The molecule has 2 aromatic rings. The molecule has 0 spiro atoms. The number of carbonyl (C=O) groups is 1. The highest BCUT2D eigenvalue weighted by Crippen LogP contribution is 2.25. The summed E-state index contributed by atoms with van der Waals surface area (Å²) in [5.41, 5.74) is -1.63. The molecule has 5 heteroatoms. The van der Waals surface area contributed by atoms with Gasteiger partial charge in [0.05, 0.1) is 0 Å². The van der Waals surface area contributed by atoms with E-state index in [-0.39, 0.29) is 6.54 Å². The summed E-state index contributed by atoms with van der Waals surface area (Å²) in [7, 11) is 0. The second kappa shape index (κ2) is 6.56. The minimum absolute atomic E-state index is 0.154. The van der Waals surface area contributed by atoms with Gasteiger partial charge in [0, 0.05) is 18.5 Å². The number of fused-ring (bicyclic) bond motifs is 1. The molecular weight excluding hydrogens is 294 g/mol. The maximum absolute atomic E-state index is 11.2. The van der Waals surface area contributed by atoms with E-state index >= 15 is 0 Å². The standard InChI is InChI=1S/C18H21NO4/c20-17(21)18(22)9-4-10-19(13-18)11-12-23-16-8-3-6-14-5-1-2-7-15(14)16/h1-3,5-8,22H,4,9-13H2,(H,20,21). The Kier molecular flexibility index (Phi) is 4.50. The van der Waals surface area contributed by atoms with Crippen molar-refractivity contribution in [2.75, 3.05) is 26.2 Å². The van der Waals surface area contributed by atoms with Crippen molar-refractivity contribution in [2.24, 2.45) is 0 Å². The average Bonchev–Trinajstić information content (AvgIpc) is 2.55. The quantitative estimate of drug-likeness (QED) is 0.884. The summed E-state index contributed by atoms with van der Waals surface area (Å²) in [5.74, 6) is -0.314. The van der Waals surface area contributed by atoms with E-state index in [1.54, 1.807) is 0 Å². The number of likely N-dealkylation sites (tertiary alicyclic amines) is 1. The van der Waals surface area contributed by atoms with Crippen LogP contribution < -0.4 is 4.74 Å². The van der Waals surface area contributed by atoms with Gasteiger partial charge in [-0.2, -0.15) is 0 Å². The summed E-state index contributed by atoms with van der Waals surface area (Å²) in [6, 6.07) is 14.0. The fourth-order valence-corrected chi connectivity index (χ4v) is 3.09. The molecule has 2 N–H and O–H groups in total. The third-order valence-electron chi connectivity index (χ3n) is 4.36. The van der Waals surface area contributed by atoms with E-state index in [9.17, 15) is 9.90 Å². The number of benzene rings is 2. The number of β-amino-alcohol motifs (C(OH)–C–C–N with tert-alkyl or cyclic N) is 1. The van der Waals surface area contributed by atoms with Crippen molar-refractivity contribution in [2.45, 2.75) is 18.4 Å². The average molecular weight is 315 g/mol. The van der Waals surface area contributed by atoms with Crippen LogP contribution in [0.15, 0.2) is 42.5 Å². The van der Waals surface area contributed by atoms with Crippen molar-refractivity contribution >= 4 is 16.7 Å². The molecule has 2 aromatic carbocycles. The van der Waals surface area contributed by atoms with Gasteiger partial charge in [-0.3, -0.25) is 4.90 Å². The Morgan fingerprint density at radius 1 is 1.22 bits per heavy atom. The van der Waals surface area contributed by atoms with Gasteiger partial charge in [-0.15, -0.1) is 0 Å². The number of nitrogens with zero attached hydrogens (tertiary/aromatic N) is 1. The Labute approximate surface area is 135 Å². The third kappa shape index (κ3) is 3.46. The lowest BCUT2D eigenvalue weighted by atomic mass is 9.93. The molecule has 1 unspecified atom stereocenters. The monoisotopic (exact) mass is 315 g/mol. The van der Waals surface area contributed by atoms with E-state index < -0.39 is 11.6 Å². The van der Waals surface area contributed by atoms with E-state index in [1.807, 2.05) is 47.4 Å². The van der Waals surface area contributed by atoms with E-state index in [0.717, 1.165) is 23.1 Å². The van der Waals surface area contributed by atoms with Crippen molar-refractivity contribution in [3.05, 3.63) is 42.5 Å². The minimum Gasteiger partial charge on any atom is -0.492 e. The van der Waals surface area contributed by atoms with Crippen LogP contribution in [0.3, 0.4) is 0 Å². The fraction of sp³-hybridized carbons (Fsp3) is 0.389. The molecule has 1 fully saturated rings. The van der Waals surface area contributed by atoms with Crippen LogP contribution >= 0.6 is 0 Å². The van der Waals surface area contributed by atoms with Crippen LogP contribution in [0.1, 0.15) is 12.8 Å². The second-order valence-electron chi connectivity index (χ2n) is 6.04. The zero-order valence-corrected chi connectivity index (χ0v) is 12.9. The predicted octanol–water partition coefficient (Wildman–Crippen LogP) is 2.13. The first-order valence-corrected chi connectivity index (χ1v) is 7.87. The first-order chi connectivity index (χ1) is 11.1. The summed E-state index contributed by atoms with van der Waals surface area (Å²) in [5, 5.41) is 21.4. The van der Waals surface area contributed by atoms with E-state index in [1.165, 1.54) is 0 Å². The van der Waals surface area contributed by atoms with Crippen LogP contribution in [0, 0.1) is 0 Å². The molecule has 5 nitrogen and oxygen atoms in total. The van der Waals surface area contributed by atoms with Crippen molar-refractivity contribution in [3.8, 4) is 5.75 Å². The van der Waals surface area contributed by atoms with Gasteiger partial charge < -0.3 is 14.9 Å². The van der Waals surface area contributed by atoms with Gasteiger partial charge in [-0.05, 0) is 30.8 Å². The molecule has 0 aromatic heterocycles. The normalized spacial score (nSPS) is 22.1. The molecule has 23 heavy (non-hydrogen) atoms. The Morgan fingerprint density at radius 3 is 2.83 bits per heavy atom. The molecule has 0 amide bonds. The smallest absolute Gasteiger partial charge is 0.337 e. The maximum atomic E-state index is 11.2. The zero-order chi connectivity index (χ0) is 16.3. The number of piperidine rings is 1. The molecule has 1 heterocycles. The molecular formula is C18H21NO4. The van der Waals surface area contributed by atoms with Crippen molar-refractivity contribution in [1.82, 2.24) is 4.90 Å². The lowest BCUT2D eigenvalue weighted by Gasteiger charge is -2.36. The van der Waals surface area contributed by atoms with Crippen LogP contribution in [0.25, 0.3) is 10.8 Å². The van der Waals surface area contributed by atoms with Crippen LogP contribution in [0.2, 0.25) is 0 Å². The van der Waals surface area contributed by atoms with Gasteiger partial charge in [0.15, 0.2) is 5.60 Å². The number of carboxylic acid groups (broad SMARTS) is 1. The molecule has 1 aliphatic rings. The number of carboxylic acids is 1. The van der Waals surface area contributed by atoms with E-state index in [0.29, 0.717) is 26.0 Å². The highest BCUT2D eigenvalue weighted by molar-refractivity contribution is 5.88. The molecule has 0 aliphatic carbocycles. The van der Waals surface area contributed by atoms with Gasteiger partial charge in [-0.1, -0.05) is 36.4 Å². The van der Waals surface area contributed by atoms with Gasteiger partial charge >= 0.3 is 5.97 Å². The third-order valence-corrected chi connectivity index (χ3v) is 4.36. The number of aliphatic hydroxyl groups is 1. The maximum Gasteiger partial charge on any atom is 0.337 e. The van der Waals surface area contributed by atoms with Crippen LogP contribution in [0.4, 0.5) is 0 Å². The first kappa shape index (κ1) is 15.8. The van der Waals surface area contributed by atoms with Crippen molar-refractivity contribution in [3.63, 3.8) is 0 Å². The molecule has 1 saturated heterocycles. The predicted molar refractivity (Wildman–Crippen MR) is 87.7 cm³/mol. The molecule has 1 atom stereocenters. The Bertz CT molecular complexity index is 697. The number of ether oxygens (including phenoxy) is 1. The van der Waals surface area contributed by atoms with Crippen molar-refractivity contribution < 1.29 is 19.7 Å². The van der Waals surface area contributed by atoms with E-state index in [4.69, 9.17) is 9.84 Å². The van der Waals surface area contributed by atoms with E-state index in [2.05, 4.69) is 0 Å². The Hall–Kier alpha value is -2.11. The summed E-state index contributed by atoms with van der Waals surface area (Å²) in [6.07, 6.45) is 0.986. The molecule has 0 saturated carbocycles. The van der Waals surface area contributed by atoms with Gasteiger partial charge in [0.25, 0.3) is 0 Å². The molecule has 1 aliphatic heterocycles. The van der Waals surface area contributed by atoms with Gasteiger partial charge in [-0.25, -0.2) is 4.79 Å². The van der Waals surface area contributed by atoms with Crippen molar-refractivity contribution in [1.29, 1.82) is 0 Å².